The lowest BCUT2D eigenvalue weighted by Crippen LogP contribution is -2.62. The normalized spacial score (nSPS) is 37.6. The molecule has 8 heteroatoms. The zero-order chi connectivity index (χ0) is 40.8. The SMILES string of the molecule is C=C(C)C1C(=O)c2c3c(cc4c5c(n1c24)C1(C)C(CCC2C(C)(/C=C/C=C(\C)C(=O)NCCN4CCCC4)C(O)CCC21C)C5)C1=CC(C)(C)OC(C)(C)C1C3O. The Morgan fingerprint density at radius 2 is 1.77 bits per heavy atom. The van der Waals surface area contributed by atoms with E-state index in [1.807, 2.05) is 26.0 Å². The van der Waals surface area contributed by atoms with Crippen LogP contribution < -0.4 is 5.32 Å². The van der Waals surface area contributed by atoms with Crippen LogP contribution in [-0.4, -0.2) is 74.9 Å². The van der Waals surface area contributed by atoms with Crippen LogP contribution in [0.1, 0.15) is 146 Å². The van der Waals surface area contributed by atoms with E-state index >= 15 is 0 Å². The molecule has 9 rings (SSSR count). The molecule has 1 aromatic heterocycles. The number of amides is 1. The van der Waals surface area contributed by atoms with Crippen molar-refractivity contribution in [2.45, 2.75) is 142 Å². The summed E-state index contributed by atoms with van der Waals surface area (Å²) in [7, 11) is 0. The summed E-state index contributed by atoms with van der Waals surface area (Å²) < 4.78 is 8.93. The van der Waals surface area contributed by atoms with Gasteiger partial charge >= 0.3 is 0 Å². The van der Waals surface area contributed by atoms with Crippen LogP contribution in [0.3, 0.4) is 0 Å². The van der Waals surface area contributed by atoms with Crippen LogP contribution >= 0.6 is 0 Å². The summed E-state index contributed by atoms with van der Waals surface area (Å²) in [6, 6.07) is 1.79. The van der Waals surface area contributed by atoms with E-state index in [9.17, 15) is 19.8 Å². The number of nitrogens with one attached hydrogen (secondary N) is 1. The Bertz CT molecular complexity index is 2200. The first-order valence-corrected chi connectivity index (χ1v) is 21.9. The number of nitrogens with zero attached hydrogens (tertiary/aromatic N) is 2. The molecule has 3 fully saturated rings. The Kier molecular flexibility index (Phi) is 8.83. The monoisotopic (exact) mass is 775 g/mol. The second kappa shape index (κ2) is 12.8. The van der Waals surface area contributed by atoms with Gasteiger partial charge in [-0.05, 0) is 146 Å². The van der Waals surface area contributed by atoms with E-state index in [0.29, 0.717) is 30.0 Å². The Morgan fingerprint density at radius 3 is 2.47 bits per heavy atom. The average Bonchev–Trinajstić information content (AvgIpc) is 3.93. The van der Waals surface area contributed by atoms with Crippen molar-refractivity contribution >= 4 is 28.2 Å². The van der Waals surface area contributed by atoms with Gasteiger partial charge in [0.05, 0.1) is 34.5 Å². The molecule has 9 unspecified atom stereocenters. The Morgan fingerprint density at radius 1 is 1.05 bits per heavy atom. The number of ether oxygens (including phenoxy) is 1. The second-order valence-electron chi connectivity index (χ2n) is 20.8. The number of rotatable bonds is 7. The third kappa shape index (κ3) is 5.31. The summed E-state index contributed by atoms with van der Waals surface area (Å²) in [5.74, 6) is 0.294. The summed E-state index contributed by atoms with van der Waals surface area (Å²) in [5, 5.41) is 28.4. The van der Waals surface area contributed by atoms with E-state index in [0.717, 1.165) is 78.5 Å². The van der Waals surface area contributed by atoms with Gasteiger partial charge in [-0.2, -0.15) is 0 Å². The maximum atomic E-state index is 15.0. The average molecular weight is 776 g/mol. The topological polar surface area (TPSA) is 104 Å². The summed E-state index contributed by atoms with van der Waals surface area (Å²) in [5.41, 5.74) is 6.50. The molecule has 4 heterocycles. The molecular formula is C49H65N3O5. The number of ketones is 1. The fourth-order valence-electron chi connectivity index (χ4n) is 14.1. The van der Waals surface area contributed by atoms with Gasteiger partial charge in [0.25, 0.3) is 0 Å². The second-order valence-corrected chi connectivity index (χ2v) is 20.8. The summed E-state index contributed by atoms with van der Waals surface area (Å²) >= 11 is 0. The highest BCUT2D eigenvalue weighted by Crippen LogP contribution is 2.71. The highest BCUT2D eigenvalue weighted by atomic mass is 16.5. The summed E-state index contributed by atoms with van der Waals surface area (Å²) in [6.45, 7) is 27.5. The molecule has 3 N–H and O–H groups in total. The van der Waals surface area contributed by atoms with E-state index in [-0.39, 0.29) is 34.4 Å². The summed E-state index contributed by atoms with van der Waals surface area (Å²) in [6.07, 6.45) is 14.0. The van der Waals surface area contributed by atoms with Crippen LogP contribution in [0.5, 0.6) is 0 Å². The first-order chi connectivity index (χ1) is 26.8. The van der Waals surface area contributed by atoms with Crippen LogP contribution in [0.2, 0.25) is 0 Å². The smallest absolute Gasteiger partial charge is 0.246 e. The van der Waals surface area contributed by atoms with Crippen molar-refractivity contribution in [2.75, 3.05) is 26.2 Å². The fourth-order valence-corrected chi connectivity index (χ4v) is 14.1. The quantitative estimate of drug-likeness (QED) is 0.149. The molecule has 1 saturated heterocycles. The Labute approximate surface area is 339 Å². The van der Waals surface area contributed by atoms with Crippen molar-refractivity contribution < 1.29 is 24.5 Å². The molecule has 57 heavy (non-hydrogen) atoms. The molecule has 0 spiro atoms. The molecular weight excluding hydrogens is 711 g/mol. The molecule has 4 aliphatic carbocycles. The third-order valence-electron chi connectivity index (χ3n) is 16.7. The van der Waals surface area contributed by atoms with Crippen molar-refractivity contribution in [2.24, 2.45) is 28.6 Å². The van der Waals surface area contributed by atoms with Crippen molar-refractivity contribution in [3.05, 3.63) is 76.0 Å². The van der Waals surface area contributed by atoms with E-state index in [2.05, 4.69) is 88.0 Å². The molecule has 9 atom stereocenters. The van der Waals surface area contributed by atoms with Crippen molar-refractivity contribution in [1.29, 1.82) is 0 Å². The largest absolute Gasteiger partial charge is 0.392 e. The molecule has 1 amide bonds. The lowest BCUT2D eigenvalue weighted by molar-refractivity contribution is -0.144. The zero-order valence-corrected chi connectivity index (χ0v) is 35.8. The Balaban J connectivity index is 1.12. The van der Waals surface area contributed by atoms with Gasteiger partial charge in [-0.15, -0.1) is 0 Å². The van der Waals surface area contributed by atoms with Crippen molar-refractivity contribution in [1.82, 2.24) is 14.8 Å². The highest BCUT2D eigenvalue weighted by molar-refractivity contribution is 6.18. The number of likely N-dealkylation sites (tertiary alicyclic amines) is 1. The maximum Gasteiger partial charge on any atom is 0.246 e. The molecule has 2 aromatic rings. The van der Waals surface area contributed by atoms with Crippen LogP contribution in [0.25, 0.3) is 16.5 Å². The van der Waals surface area contributed by atoms with Crippen molar-refractivity contribution in [3.8, 4) is 0 Å². The number of carbonyl (C=O) groups is 2. The number of allylic oxidation sites excluding steroid dienone is 3. The zero-order valence-electron chi connectivity index (χ0n) is 35.8. The molecule has 306 valence electrons. The number of hydrogen-bond acceptors (Lipinski definition) is 6. The van der Waals surface area contributed by atoms with Gasteiger partial charge in [0.1, 0.15) is 6.04 Å². The van der Waals surface area contributed by atoms with Crippen molar-refractivity contribution in [3.63, 3.8) is 0 Å². The van der Waals surface area contributed by atoms with Crippen LogP contribution in [0.15, 0.2) is 48.1 Å². The number of aromatic nitrogens is 1. The van der Waals surface area contributed by atoms with Crippen LogP contribution in [-0.2, 0) is 21.4 Å². The number of benzene rings is 1. The van der Waals surface area contributed by atoms with Gasteiger partial charge < -0.3 is 29.7 Å². The molecule has 0 radical (unpaired) electrons. The van der Waals surface area contributed by atoms with E-state index in [4.69, 9.17) is 4.74 Å². The first-order valence-electron chi connectivity index (χ1n) is 21.9. The maximum absolute atomic E-state index is 15.0. The molecule has 8 nitrogen and oxygen atoms in total. The summed E-state index contributed by atoms with van der Waals surface area (Å²) in [4.78, 5) is 30.4. The molecule has 7 aliphatic rings. The minimum Gasteiger partial charge on any atom is -0.392 e. The van der Waals surface area contributed by atoms with E-state index in [1.54, 1.807) is 0 Å². The van der Waals surface area contributed by atoms with Gasteiger partial charge in [-0.1, -0.05) is 51.2 Å². The molecule has 2 saturated carbocycles. The lowest BCUT2D eigenvalue weighted by Gasteiger charge is -2.64. The van der Waals surface area contributed by atoms with Gasteiger partial charge in [0, 0.05) is 52.1 Å². The van der Waals surface area contributed by atoms with Gasteiger partial charge in [0.2, 0.25) is 5.91 Å². The van der Waals surface area contributed by atoms with Gasteiger partial charge in [0.15, 0.2) is 5.78 Å². The third-order valence-corrected chi connectivity index (χ3v) is 16.7. The van der Waals surface area contributed by atoms with Crippen LogP contribution in [0.4, 0.5) is 0 Å². The standard InChI is InChI=1S/C49H65N3O5/c1-27(2)39-42(55)37-36-30(33-26-45(4,5)57-46(6,7)38(33)41(36)54)25-31-32-24-29-15-16-34-47(8,18-13-14-28(3)44(56)50-20-23-51-21-11-12-22-51)35(53)17-19-48(34,9)49(29,10)43(32)52(39)40(31)37/h13-14,18,25-26,29,34-35,38-39,41,53-54H,1,11-12,15-17,19-24H2,2-10H3,(H,50,56)/b18-13+,28-14+. The van der Waals surface area contributed by atoms with Gasteiger partial charge in [-0.25, -0.2) is 0 Å². The lowest BCUT2D eigenvalue weighted by atomic mass is 9.40. The number of fused-ring (bicyclic) bond motifs is 11. The minimum absolute atomic E-state index is 0.0390. The number of Topliss-reactive ketones (excluding diaryl/α,β-unsaturated/α-hetero) is 1. The number of aliphatic hydroxyl groups is 2. The molecule has 1 aromatic carbocycles. The van der Waals surface area contributed by atoms with E-state index in [1.165, 1.54) is 24.1 Å². The number of hydrogen-bond donors (Lipinski definition) is 3. The number of aliphatic hydroxyl groups excluding tert-OH is 2. The highest BCUT2D eigenvalue weighted by Gasteiger charge is 2.68. The Hall–Kier alpha value is -3.30. The molecule has 3 aliphatic heterocycles. The molecule has 0 bridgehead atoms. The van der Waals surface area contributed by atoms with E-state index < -0.39 is 34.9 Å². The fraction of sp³-hybridized carbons (Fsp3) is 0.633. The van der Waals surface area contributed by atoms with Gasteiger partial charge in [-0.3, -0.25) is 9.59 Å². The van der Waals surface area contributed by atoms with Crippen LogP contribution in [0, 0.1) is 28.6 Å². The number of carbonyl (C=O) groups excluding carboxylic acids is 2. The predicted octanol–water partition coefficient (Wildman–Crippen LogP) is 8.31. The minimum atomic E-state index is -0.853. The first kappa shape index (κ1) is 39.2. The predicted molar refractivity (Wildman–Crippen MR) is 226 cm³/mol.